The van der Waals surface area contributed by atoms with Gasteiger partial charge in [-0.15, -0.1) is 0 Å². The maximum atomic E-state index is 14.0. The van der Waals surface area contributed by atoms with Crippen LogP contribution < -0.4 is 4.74 Å². The average molecular weight is 525 g/mol. The van der Waals surface area contributed by atoms with Gasteiger partial charge in [0.2, 0.25) is 0 Å². The molecule has 3 aromatic rings. The van der Waals surface area contributed by atoms with Crippen LogP contribution in [-0.4, -0.2) is 6.61 Å². The molecule has 0 unspecified atom stereocenters. The highest BCUT2D eigenvalue weighted by Gasteiger charge is 2.35. The van der Waals surface area contributed by atoms with E-state index < -0.39 is 11.7 Å². The van der Waals surface area contributed by atoms with Crippen molar-refractivity contribution in [3.8, 4) is 28.0 Å². The predicted octanol–water partition coefficient (Wildman–Crippen LogP) is 11.3. The molecule has 0 saturated carbocycles. The summed E-state index contributed by atoms with van der Waals surface area (Å²) >= 11 is 0. The predicted molar refractivity (Wildman–Crippen MR) is 154 cm³/mol. The van der Waals surface area contributed by atoms with Gasteiger partial charge in [-0.3, -0.25) is 0 Å². The van der Waals surface area contributed by atoms with Gasteiger partial charge in [0.15, 0.2) is 0 Å². The number of aryl methyl sites for hydroxylation is 1. The minimum Gasteiger partial charge on any atom is -0.493 e. The van der Waals surface area contributed by atoms with Gasteiger partial charge >= 0.3 is 6.18 Å². The molecule has 0 aliphatic heterocycles. The van der Waals surface area contributed by atoms with Crippen LogP contribution >= 0.6 is 0 Å². The first-order chi connectivity index (χ1) is 18.4. The Hall–Kier alpha value is -2.75. The second kappa shape index (κ2) is 15.6. The maximum Gasteiger partial charge on any atom is 0.419 e. The molecule has 0 saturated heterocycles. The zero-order valence-electron chi connectivity index (χ0n) is 23.1. The van der Waals surface area contributed by atoms with E-state index in [1.165, 1.54) is 69.1 Å². The highest BCUT2D eigenvalue weighted by molar-refractivity contribution is 5.84. The van der Waals surface area contributed by atoms with E-state index in [1.54, 1.807) is 6.07 Å². The molecular formula is C34H43F3O. The van der Waals surface area contributed by atoms with Crippen molar-refractivity contribution in [3.05, 3.63) is 77.9 Å². The summed E-state index contributed by atoms with van der Waals surface area (Å²) in [6.07, 6.45) is 9.19. The van der Waals surface area contributed by atoms with Crippen molar-refractivity contribution in [3.63, 3.8) is 0 Å². The molecule has 0 atom stereocenters. The Morgan fingerprint density at radius 1 is 0.605 bits per heavy atom. The summed E-state index contributed by atoms with van der Waals surface area (Å²) in [5.41, 5.74) is 3.85. The van der Waals surface area contributed by atoms with E-state index in [2.05, 4.69) is 38.1 Å². The molecule has 0 N–H and O–H groups in total. The summed E-state index contributed by atoms with van der Waals surface area (Å²) in [5.74, 6) is -0.0874. The van der Waals surface area contributed by atoms with Gasteiger partial charge < -0.3 is 4.74 Å². The van der Waals surface area contributed by atoms with Crippen LogP contribution in [0.2, 0.25) is 0 Å². The highest BCUT2D eigenvalue weighted by atomic mass is 19.4. The minimum absolute atomic E-state index is 0.0874. The van der Waals surface area contributed by atoms with Crippen molar-refractivity contribution >= 4 is 0 Å². The molecule has 206 valence electrons. The molecule has 0 aromatic heterocycles. The first-order valence-corrected chi connectivity index (χ1v) is 14.5. The van der Waals surface area contributed by atoms with Crippen molar-refractivity contribution in [1.82, 2.24) is 0 Å². The third-order valence-corrected chi connectivity index (χ3v) is 7.11. The van der Waals surface area contributed by atoms with Crippen LogP contribution in [0, 0.1) is 0 Å². The molecule has 3 aromatic carbocycles. The lowest BCUT2D eigenvalue weighted by molar-refractivity contribution is -0.138. The highest BCUT2D eigenvalue weighted by Crippen LogP contribution is 2.41. The summed E-state index contributed by atoms with van der Waals surface area (Å²) in [6.45, 7) is 4.69. The van der Waals surface area contributed by atoms with Gasteiger partial charge in [-0.2, -0.15) is 13.2 Å². The summed E-state index contributed by atoms with van der Waals surface area (Å²) in [6, 6.07) is 20.6. The Morgan fingerprint density at radius 2 is 1.16 bits per heavy atom. The number of hydrogen-bond donors (Lipinski definition) is 0. The lowest BCUT2D eigenvalue weighted by atomic mass is 9.92. The van der Waals surface area contributed by atoms with E-state index in [-0.39, 0.29) is 5.75 Å². The second-order valence-electron chi connectivity index (χ2n) is 10.2. The molecule has 4 heteroatoms. The molecule has 0 amide bonds. The van der Waals surface area contributed by atoms with Crippen LogP contribution in [0.4, 0.5) is 13.2 Å². The van der Waals surface area contributed by atoms with Crippen LogP contribution in [0.3, 0.4) is 0 Å². The van der Waals surface area contributed by atoms with Gasteiger partial charge in [-0.1, -0.05) is 126 Å². The zero-order valence-corrected chi connectivity index (χ0v) is 23.1. The first-order valence-electron chi connectivity index (χ1n) is 14.5. The lowest BCUT2D eigenvalue weighted by Gasteiger charge is -2.17. The number of alkyl halides is 3. The van der Waals surface area contributed by atoms with E-state index in [9.17, 15) is 13.2 Å². The number of benzene rings is 3. The van der Waals surface area contributed by atoms with Gasteiger partial charge in [0.25, 0.3) is 0 Å². The molecule has 1 nitrogen and oxygen atoms in total. The Balaban J connectivity index is 1.74. The molecule has 0 fully saturated rings. The van der Waals surface area contributed by atoms with Crippen LogP contribution in [0.15, 0.2) is 66.7 Å². The smallest absolute Gasteiger partial charge is 0.419 e. The monoisotopic (exact) mass is 524 g/mol. The Kier molecular flexibility index (Phi) is 12.2. The minimum atomic E-state index is -4.49. The topological polar surface area (TPSA) is 9.23 Å². The molecule has 0 bridgehead atoms. The maximum absolute atomic E-state index is 14.0. The quantitative estimate of drug-likeness (QED) is 0.169. The fourth-order valence-corrected chi connectivity index (χ4v) is 4.88. The van der Waals surface area contributed by atoms with Gasteiger partial charge in [0.05, 0.1) is 12.2 Å². The largest absolute Gasteiger partial charge is 0.493 e. The van der Waals surface area contributed by atoms with Crippen molar-refractivity contribution in [2.45, 2.75) is 97.1 Å². The first kappa shape index (κ1) is 29.8. The third-order valence-electron chi connectivity index (χ3n) is 7.11. The molecule has 0 spiro atoms. The normalized spacial score (nSPS) is 11.6. The molecule has 0 radical (unpaired) electrons. The summed E-state index contributed by atoms with van der Waals surface area (Å²) in [4.78, 5) is 0. The summed E-state index contributed by atoms with van der Waals surface area (Å²) in [5, 5.41) is 0. The van der Waals surface area contributed by atoms with Crippen molar-refractivity contribution in [2.75, 3.05) is 6.61 Å². The Labute approximate surface area is 227 Å². The molecule has 0 heterocycles. The number of hydrogen-bond acceptors (Lipinski definition) is 1. The van der Waals surface area contributed by atoms with Gasteiger partial charge in [0.1, 0.15) is 5.75 Å². The van der Waals surface area contributed by atoms with Gasteiger partial charge in [-0.05, 0) is 59.2 Å². The Morgan fingerprint density at radius 3 is 1.79 bits per heavy atom. The standard InChI is InChI=1S/C34H43F3O/c1-3-5-7-9-11-15-25-38-33-24-23-29(26-32(33)34(35,36)37)31-18-14-13-17-30(31)28-21-19-27(20-22-28)16-12-10-8-6-4-2/h13-14,17-24,26H,3-12,15-16,25H2,1-2H3. The van der Waals surface area contributed by atoms with E-state index in [1.807, 2.05) is 24.3 Å². The lowest BCUT2D eigenvalue weighted by Crippen LogP contribution is -2.10. The van der Waals surface area contributed by atoms with Gasteiger partial charge in [0, 0.05) is 0 Å². The number of rotatable bonds is 16. The fourth-order valence-electron chi connectivity index (χ4n) is 4.88. The molecule has 3 rings (SSSR count). The molecule has 0 aliphatic carbocycles. The van der Waals surface area contributed by atoms with Crippen molar-refractivity contribution in [2.24, 2.45) is 0 Å². The number of unbranched alkanes of at least 4 members (excludes halogenated alkanes) is 9. The number of ether oxygens (including phenoxy) is 1. The SMILES string of the molecule is CCCCCCCCOc1ccc(-c2ccccc2-c2ccc(CCCCCCC)cc2)cc1C(F)(F)F. The average Bonchev–Trinajstić information content (AvgIpc) is 2.92. The molecule has 38 heavy (non-hydrogen) atoms. The van der Waals surface area contributed by atoms with E-state index in [0.29, 0.717) is 12.2 Å². The second-order valence-corrected chi connectivity index (χ2v) is 10.2. The molecular weight excluding hydrogens is 481 g/mol. The van der Waals surface area contributed by atoms with Crippen LogP contribution in [0.1, 0.15) is 95.6 Å². The summed E-state index contributed by atoms with van der Waals surface area (Å²) in [7, 11) is 0. The van der Waals surface area contributed by atoms with Crippen molar-refractivity contribution < 1.29 is 17.9 Å². The van der Waals surface area contributed by atoms with Gasteiger partial charge in [-0.25, -0.2) is 0 Å². The third kappa shape index (κ3) is 9.22. The molecule has 0 aliphatic rings. The fraction of sp³-hybridized carbons (Fsp3) is 0.471. The van der Waals surface area contributed by atoms with Crippen molar-refractivity contribution in [1.29, 1.82) is 0 Å². The van der Waals surface area contributed by atoms with E-state index in [4.69, 9.17) is 4.74 Å². The summed E-state index contributed by atoms with van der Waals surface area (Å²) < 4.78 is 47.7. The van der Waals surface area contributed by atoms with E-state index >= 15 is 0 Å². The zero-order chi connectivity index (χ0) is 27.2. The van der Waals surface area contributed by atoms with Crippen LogP contribution in [0.5, 0.6) is 5.75 Å². The van der Waals surface area contributed by atoms with Crippen LogP contribution in [-0.2, 0) is 12.6 Å². The van der Waals surface area contributed by atoms with E-state index in [0.717, 1.165) is 42.4 Å². The Bertz CT molecular complexity index is 1090. The number of halogens is 3. The van der Waals surface area contributed by atoms with Crippen LogP contribution in [0.25, 0.3) is 22.3 Å².